The van der Waals surface area contributed by atoms with Crippen molar-refractivity contribution in [2.75, 3.05) is 13.1 Å². The molecule has 0 bridgehead atoms. The van der Waals surface area contributed by atoms with E-state index in [-0.39, 0.29) is 35.7 Å². The van der Waals surface area contributed by atoms with Gasteiger partial charge in [0.25, 0.3) is 0 Å². The second-order valence-corrected chi connectivity index (χ2v) is 4.17. The van der Waals surface area contributed by atoms with Crippen LogP contribution in [-0.4, -0.2) is 19.0 Å². The van der Waals surface area contributed by atoms with Crippen LogP contribution in [0.15, 0.2) is 18.2 Å². The zero-order valence-corrected chi connectivity index (χ0v) is 10.5. The molecule has 100 valence electrons. The van der Waals surface area contributed by atoms with E-state index in [4.69, 9.17) is 5.73 Å². The van der Waals surface area contributed by atoms with Gasteiger partial charge in [-0.2, -0.15) is 0 Å². The number of benzene rings is 1. The average molecular weight is 277 g/mol. The second-order valence-electron chi connectivity index (χ2n) is 4.17. The Morgan fingerprint density at radius 1 is 1.44 bits per heavy atom. The number of nitrogens with two attached hydrogens (primary N) is 1. The fraction of sp³-hybridized carbons (Fsp3) is 0.417. The van der Waals surface area contributed by atoms with E-state index in [9.17, 15) is 13.6 Å². The molecule has 18 heavy (non-hydrogen) atoms. The van der Waals surface area contributed by atoms with Crippen molar-refractivity contribution in [3.05, 3.63) is 35.4 Å². The zero-order valence-electron chi connectivity index (χ0n) is 9.66. The fourth-order valence-electron chi connectivity index (χ4n) is 1.96. The summed E-state index contributed by atoms with van der Waals surface area (Å²) in [6, 6.07) is 4.06. The van der Waals surface area contributed by atoms with Crippen LogP contribution in [0.5, 0.6) is 0 Å². The van der Waals surface area contributed by atoms with E-state index in [1.165, 1.54) is 12.1 Å². The Labute approximate surface area is 110 Å². The first-order valence-electron chi connectivity index (χ1n) is 5.57. The summed E-state index contributed by atoms with van der Waals surface area (Å²) in [6.07, 6.45) is 0.566. The lowest BCUT2D eigenvalue weighted by molar-refractivity contribution is -0.122. The van der Waals surface area contributed by atoms with Gasteiger partial charge in [-0.1, -0.05) is 12.1 Å². The van der Waals surface area contributed by atoms with Gasteiger partial charge in [0.1, 0.15) is 0 Å². The first-order valence-corrected chi connectivity index (χ1v) is 5.57. The molecule has 1 fully saturated rings. The number of carbonyl (C=O) groups excluding carboxylic acids is 1. The predicted octanol–water partition coefficient (Wildman–Crippen LogP) is 1.56. The van der Waals surface area contributed by atoms with Gasteiger partial charge in [0.05, 0.1) is 0 Å². The largest absolute Gasteiger partial charge is 0.355 e. The first kappa shape index (κ1) is 14.9. The molecular formula is C12H15ClF2N2O. The van der Waals surface area contributed by atoms with Crippen LogP contribution in [0.4, 0.5) is 8.78 Å². The van der Waals surface area contributed by atoms with E-state index < -0.39 is 11.6 Å². The quantitative estimate of drug-likeness (QED) is 0.877. The van der Waals surface area contributed by atoms with E-state index in [1.54, 1.807) is 0 Å². The van der Waals surface area contributed by atoms with Crippen molar-refractivity contribution < 1.29 is 13.6 Å². The van der Waals surface area contributed by atoms with Crippen molar-refractivity contribution >= 4 is 18.3 Å². The van der Waals surface area contributed by atoms with Crippen molar-refractivity contribution in [1.29, 1.82) is 0 Å². The highest BCUT2D eigenvalue weighted by atomic mass is 35.5. The Morgan fingerprint density at radius 2 is 2.17 bits per heavy atom. The summed E-state index contributed by atoms with van der Waals surface area (Å²) < 4.78 is 26.5. The number of nitrogens with one attached hydrogen (secondary N) is 1. The molecule has 1 aliphatic rings. The summed E-state index contributed by atoms with van der Waals surface area (Å²) >= 11 is 0. The minimum absolute atomic E-state index is 0. The predicted molar refractivity (Wildman–Crippen MR) is 66.5 cm³/mol. The first-order chi connectivity index (χ1) is 8.15. The third-order valence-corrected chi connectivity index (χ3v) is 2.95. The fourth-order valence-corrected chi connectivity index (χ4v) is 1.96. The molecule has 0 saturated heterocycles. The lowest BCUT2D eigenvalue weighted by Crippen LogP contribution is -2.30. The third kappa shape index (κ3) is 2.97. The normalized spacial score (nSPS) is 21.1. The summed E-state index contributed by atoms with van der Waals surface area (Å²) in [6.45, 7) is 0.783. The molecular weight excluding hydrogens is 262 g/mol. The molecule has 2 rings (SSSR count). The van der Waals surface area contributed by atoms with E-state index in [1.807, 2.05) is 0 Å². The molecule has 3 N–H and O–H groups in total. The maximum absolute atomic E-state index is 13.5. The van der Waals surface area contributed by atoms with Crippen molar-refractivity contribution in [3.63, 3.8) is 0 Å². The zero-order chi connectivity index (χ0) is 12.4. The molecule has 0 aliphatic heterocycles. The van der Waals surface area contributed by atoms with Crippen LogP contribution in [0, 0.1) is 17.6 Å². The SMILES string of the molecule is Cl.NCCNC(=O)C1CC1c1cccc(F)c1F. The molecule has 0 spiro atoms. The van der Waals surface area contributed by atoms with Gasteiger partial charge < -0.3 is 11.1 Å². The van der Waals surface area contributed by atoms with Gasteiger partial charge >= 0.3 is 0 Å². The molecule has 1 aromatic rings. The Bertz CT molecular complexity index is 442. The van der Waals surface area contributed by atoms with Gasteiger partial charge in [-0.05, 0) is 24.0 Å². The number of hydrogen-bond donors (Lipinski definition) is 2. The van der Waals surface area contributed by atoms with Crippen molar-refractivity contribution in [2.24, 2.45) is 11.7 Å². The topological polar surface area (TPSA) is 55.1 Å². The van der Waals surface area contributed by atoms with Crippen LogP contribution in [-0.2, 0) is 4.79 Å². The molecule has 0 heterocycles. The molecule has 1 saturated carbocycles. The van der Waals surface area contributed by atoms with E-state index in [0.29, 0.717) is 19.5 Å². The van der Waals surface area contributed by atoms with Crippen LogP contribution in [0.1, 0.15) is 17.9 Å². The molecule has 2 atom stereocenters. The van der Waals surface area contributed by atoms with Gasteiger partial charge in [0, 0.05) is 19.0 Å². The van der Waals surface area contributed by atoms with Crippen LogP contribution >= 0.6 is 12.4 Å². The van der Waals surface area contributed by atoms with Crippen LogP contribution in [0.25, 0.3) is 0 Å². The molecule has 1 amide bonds. The number of carbonyl (C=O) groups is 1. The number of amides is 1. The summed E-state index contributed by atoms with van der Waals surface area (Å²) in [4.78, 5) is 11.6. The number of halogens is 3. The maximum atomic E-state index is 13.5. The minimum atomic E-state index is -0.865. The molecule has 3 nitrogen and oxygen atoms in total. The minimum Gasteiger partial charge on any atom is -0.355 e. The molecule has 0 radical (unpaired) electrons. The molecule has 6 heteroatoms. The monoisotopic (exact) mass is 276 g/mol. The van der Waals surface area contributed by atoms with Crippen molar-refractivity contribution in [2.45, 2.75) is 12.3 Å². The van der Waals surface area contributed by atoms with Gasteiger partial charge in [-0.3, -0.25) is 4.79 Å². The third-order valence-electron chi connectivity index (χ3n) is 2.95. The Kier molecular flexibility index (Phi) is 5.04. The lowest BCUT2D eigenvalue weighted by Gasteiger charge is -2.04. The van der Waals surface area contributed by atoms with Crippen molar-refractivity contribution in [1.82, 2.24) is 5.32 Å². The maximum Gasteiger partial charge on any atom is 0.223 e. The highest BCUT2D eigenvalue weighted by Crippen LogP contribution is 2.48. The van der Waals surface area contributed by atoms with Crippen LogP contribution in [0.3, 0.4) is 0 Å². The van der Waals surface area contributed by atoms with E-state index >= 15 is 0 Å². The Balaban J connectivity index is 0.00000162. The smallest absolute Gasteiger partial charge is 0.223 e. The second kappa shape index (κ2) is 6.11. The van der Waals surface area contributed by atoms with E-state index in [2.05, 4.69) is 5.32 Å². The average Bonchev–Trinajstić information content (AvgIpc) is 3.09. The highest BCUT2D eigenvalue weighted by Gasteiger charge is 2.45. The van der Waals surface area contributed by atoms with Crippen LogP contribution < -0.4 is 11.1 Å². The number of rotatable bonds is 4. The summed E-state index contributed by atoms with van der Waals surface area (Å²) in [5.41, 5.74) is 5.55. The Morgan fingerprint density at radius 3 is 2.83 bits per heavy atom. The molecule has 1 aliphatic carbocycles. The van der Waals surface area contributed by atoms with Crippen molar-refractivity contribution in [3.8, 4) is 0 Å². The highest BCUT2D eigenvalue weighted by molar-refractivity contribution is 5.85. The summed E-state index contributed by atoms with van der Waals surface area (Å²) in [5.74, 6) is -2.30. The summed E-state index contributed by atoms with van der Waals surface area (Å²) in [7, 11) is 0. The van der Waals surface area contributed by atoms with Gasteiger partial charge in [0.15, 0.2) is 11.6 Å². The van der Waals surface area contributed by atoms with Gasteiger partial charge in [0.2, 0.25) is 5.91 Å². The van der Waals surface area contributed by atoms with Gasteiger partial charge in [-0.15, -0.1) is 12.4 Å². The molecule has 2 unspecified atom stereocenters. The van der Waals surface area contributed by atoms with E-state index in [0.717, 1.165) is 6.07 Å². The summed E-state index contributed by atoms with van der Waals surface area (Å²) in [5, 5.41) is 2.65. The standard InChI is InChI=1S/C12H14F2N2O.ClH/c13-10-3-1-2-7(11(10)14)8-6-9(8)12(17)16-5-4-15;/h1-3,8-9H,4-6,15H2,(H,16,17);1H. The lowest BCUT2D eigenvalue weighted by atomic mass is 10.1. The number of hydrogen-bond acceptors (Lipinski definition) is 2. The molecule has 1 aromatic carbocycles. The molecule has 0 aromatic heterocycles. The van der Waals surface area contributed by atoms with Crippen LogP contribution in [0.2, 0.25) is 0 Å². The van der Waals surface area contributed by atoms with Gasteiger partial charge in [-0.25, -0.2) is 8.78 Å². The Hall–Kier alpha value is -1.20.